The molecule has 0 aliphatic carbocycles. The van der Waals surface area contributed by atoms with E-state index in [4.69, 9.17) is 9.47 Å². The summed E-state index contributed by atoms with van der Waals surface area (Å²) in [6.07, 6.45) is 1.38. The molecule has 10 heteroatoms. The highest BCUT2D eigenvalue weighted by molar-refractivity contribution is 7.16. The standard InChI is InChI=1S/C17H15F2N3O4S/c1-9-21-15-11(4-5-27-15)16(23)22(9)20-8-10-6-12(24-2)14(26-17(18)19)13(7-10)25-3/h4-8,17H,1-3H3. The molecule has 142 valence electrons. The van der Waals surface area contributed by atoms with Crippen LogP contribution in [0.25, 0.3) is 10.2 Å². The maximum atomic E-state index is 12.6. The maximum Gasteiger partial charge on any atom is 0.387 e. The number of rotatable bonds is 6. The van der Waals surface area contributed by atoms with Gasteiger partial charge in [0.15, 0.2) is 11.5 Å². The maximum absolute atomic E-state index is 12.6. The van der Waals surface area contributed by atoms with Gasteiger partial charge in [-0.05, 0) is 30.5 Å². The molecule has 0 unspecified atom stereocenters. The Morgan fingerprint density at radius 2 is 1.93 bits per heavy atom. The van der Waals surface area contributed by atoms with Crippen LogP contribution in [0.4, 0.5) is 8.78 Å². The fourth-order valence-electron chi connectivity index (χ4n) is 2.45. The highest BCUT2D eigenvalue weighted by Gasteiger charge is 2.18. The number of aryl methyl sites for hydroxylation is 1. The number of benzene rings is 1. The Morgan fingerprint density at radius 1 is 1.26 bits per heavy atom. The number of hydrogen-bond donors (Lipinski definition) is 0. The highest BCUT2D eigenvalue weighted by atomic mass is 32.1. The molecule has 0 radical (unpaired) electrons. The van der Waals surface area contributed by atoms with Crippen molar-refractivity contribution in [2.45, 2.75) is 13.5 Å². The largest absolute Gasteiger partial charge is 0.493 e. The molecule has 3 aromatic rings. The lowest BCUT2D eigenvalue weighted by atomic mass is 10.2. The minimum absolute atomic E-state index is 0.0478. The number of hydrogen-bond acceptors (Lipinski definition) is 7. The third-order valence-corrected chi connectivity index (χ3v) is 4.46. The van der Waals surface area contributed by atoms with Crippen molar-refractivity contribution in [3.8, 4) is 17.2 Å². The first-order valence-corrected chi connectivity index (χ1v) is 8.54. The zero-order chi connectivity index (χ0) is 19.6. The number of fused-ring (bicyclic) bond motifs is 1. The van der Waals surface area contributed by atoms with E-state index in [1.165, 1.54) is 43.9 Å². The van der Waals surface area contributed by atoms with E-state index in [9.17, 15) is 13.6 Å². The van der Waals surface area contributed by atoms with Gasteiger partial charge in [0.25, 0.3) is 5.56 Å². The summed E-state index contributed by atoms with van der Waals surface area (Å²) in [6, 6.07) is 4.57. The van der Waals surface area contributed by atoms with E-state index >= 15 is 0 Å². The second-order valence-corrected chi connectivity index (χ2v) is 6.19. The van der Waals surface area contributed by atoms with E-state index in [0.29, 0.717) is 21.6 Å². The van der Waals surface area contributed by atoms with Gasteiger partial charge in [-0.25, -0.2) is 4.98 Å². The summed E-state index contributed by atoms with van der Waals surface area (Å²) in [4.78, 5) is 17.5. The Morgan fingerprint density at radius 3 is 2.52 bits per heavy atom. The molecule has 0 fully saturated rings. The van der Waals surface area contributed by atoms with Crippen LogP contribution in [-0.2, 0) is 0 Å². The molecule has 7 nitrogen and oxygen atoms in total. The normalized spacial score (nSPS) is 11.5. The quantitative estimate of drug-likeness (QED) is 0.599. The minimum atomic E-state index is -3.03. The summed E-state index contributed by atoms with van der Waals surface area (Å²) in [5, 5.41) is 6.42. The average Bonchev–Trinajstić information content (AvgIpc) is 3.10. The molecular formula is C17H15F2N3O4S. The number of thiophene rings is 1. The van der Waals surface area contributed by atoms with Gasteiger partial charge in [-0.15, -0.1) is 11.3 Å². The summed E-state index contributed by atoms with van der Waals surface area (Å²) in [5.74, 6) is 0.294. The SMILES string of the molecule is COc1cc(C=Nn2c(C)nc3sccc3c2=O)cc(OC)c1OC(F)F. The Bertz CT molecular complexity index is 1040. The number of halogens is 2. The van der Waals surface area contributed by atoms with Gasteiger partial charge in [-0.3, -0.25) is 4.79 Å². The van der Waals surface area contributed by atoms with Crippen LogP contribution in [0.1, 0.15) is 11.4 Å². The van der Waals surface area contributed by atoms with Crippen LogP contribution in [0.15, 0.2) is 33.5 Å². The molecule has 0 spiro atoms. The molecule has 2 heterocycles. The monoisotopic (exact) mass is 395 g/mol. The van der Waals surface area contributed by atoms with E-state index in [2.05, 4.69) is 14.8 Å². The third kappa shape index (κ3) is 3.75. The number of methoxy groups -OCH3 is 2. The molecule has 0 saturated heterocycles. The lowest BCUT2D eigenvalue weighted by molar-refractivity contribution is -0.0526. The van der Waals surface area contributed by atoms with E-state index in [1.54, 1.807) is 18.4 Å². The number of aromatic nitrogens is 2. The van der Waals surface area contributed by atoms with Crippen molar-refractivity contribution in [3.63, 3.8) is 0 Å². The number of alkyl halides is 2. The Kier molecular flexibility index (Phi) is 5.36. The Hall–Kier alpha value is -3.01. The Balaban J connectivity index is 2.04. The zero-order valence-corrected chi connectivity index (χ0v) is 15.4. The van der Waals surface area contributed by atoms with Crippen molar-refractivity contribution >= 4 is 27.8 Å². The lowest BCUT2D eigenvalue weighted by Crippen LogP contribution is -2.19. The van der Waals surface area contributed by atoms with Crippen molar-refractivity contribution < 1.29 is 23.0 Å². The van der Waals surface area contributed by atoms with Gasteiger partial charge in [0.2, 0.25) is 5.75 Å². The van der Waals surface area contributed by atoms with Gasteiger partial charge >= 0.3 is 6.61 Å². The van der Waals surface area contributed by atoms with Crippen LogP contribution in [0.5, 0.6) is 17.2 Å². The smallest absolute Gasteiger partial charge is 0.387 e. The fourth-order valence-corrected chi connectivity index (χ4v) is 3.25. The van der Waals surface area contributed by atoms with Crippen molar-refractivity contribution in [2.75, 3.05) is 14.2 Å². The van der Waals surface area contributed by atoms with Gasteiger partial charge in [0.05, 0.1) is 25.8 Å². The summed E-state index contributed by atoms with van der Waals surface area (Å²) < 4.78 is 41.0. The molecule has 0 amide bonds. The molecule has 0 aliphatic heterocycles. The molecule has 3 rings (SSSR count). The van der Waals surface area contributed by atoms with E-state index < -0.39 is 6.61 Å². The van der Waals surface area contributed by atoms with Crippen molar-refractivity contribution in [1.29, 1.82) is 0 Å². The van der Waals surface area contributed by atoms with Gasteiger partial charge < -0.3 is 14.2 Å². The molecule has 27 heavy (non-hydrogen) atoms. The first kappa shape index (κ1) is 18.8. The van der Waals surface area contributed by atoms with Crippen LogP contribution < -0.4 is 19.8 Å². The van der Waals surface area contributed by atoms with E-state index in [-0.39, 0.29) is 22.8 Å². The Labute approximate surface area is 156 Å². The van der Waals surface area contributed by atoms with Gasteiger partial charge in [0.1, 0.15) is 10.7 Å². The van der Waals surface area contributed by atoms with Crippen molar-refractivity contribution in [1.82, 2.24) is 9.66 Å². The summed E-state index contributed by atoms with van der Waals surface area (Å²) in [7, 11) is 2.63. The molecule has 0 aliphatic rings. The van der Waals surface area contributed by atoms with Gasteiger partial charge in [-0.1, -0.05) is 0 Å². The predicted molar refractivity (Wildman–Crippen MR) is 97.8 cm³/mol. The summed E-state index contributed by atoms with van der Waals surface area (Å²) >= 11 is 1.37. The van der Waals surface area contributed by atoms with Crippen LogP contribution in [0.2, 0.25) is 0 Å². The van der Waals surface area contributed by atoms with Crippen LogP contribution >= 0.6 is 11.3 Å². The van der Waals surface area contributed by atoms with Gasteiger partial charge in [0, 0.05) is 5.56 Å². The van der Waals surface area contributed by atoms with Crippen LogP contribution in [0, 0.1) is 6.92 Å². The topological polar surface area (TPSA) is 74.9 Å². The second kappa shape index (κ2) is 7.70. The minimum Gasteiger partial charge on any atom is -0.493 e. The average molecular weight is 395 g/mol. The van der Waals surface area contributed by atoms with Crippen LogP contribution in [0.3, 0.4) is 0 Å². The van der Waals surface area contributed by atoms with Crippen LogP contribution in [-0.4, -0.2) is 36.7 Å². The first-order chi connectivity index (χ1) is 12.9. The molecule has 0 atom stereocenters. The molecular weight excluding hydrogens is 380 g/mol. The zero-order valence-electron chi connectivity index (χ0n) is 14.6. The predicted octanol–water partition coefficient (Wildman–Crippen LogP) is 3.27. The fraction of sp³-hybridized carbons (Fsp3) is 0.235. The second-order valence-electron chi connectivity index (χ2n) is 5.29. The summed E-state index contributed by atoms with van der Waals surface area (Å²) in [5.41, 5.74) is 0.161. The highest BCUT2D eigenvalue weighted by Crippen LogP contribution is 2.39. The lowest BCUT2D eigenvalue weighted by Gasteiger charge is -2.14. The molecule has 2 aromatic heterocycles. The number of ether oxygens (including phenoxy) is 3. The summed E-state index contributed by atoms with van der Waals surface area (Å²) in [6.45, 7) is -1.37. The molecule has 0 saturated carbocycles. The first-order valence-electron chi connectivity index (χ1n) is 7.66. The van der Waals surface area contributed by atoms with E-state index in [1.807, 2.05) is 0 Å². The molecule has 0 bridgehead atoms. The van der Waals surface area contributed by atoms with Crippen molar-refractivity contribution in [3.05, 3.63) is 45.3 Å². The third-order valence-electron chi connectivity index (χ3n) is 3.65. The number of nitrogens with zero attached hydrogens (tertiary/aromatic N) is 3. The molecule has 1 aromatic carbocycles. The van der Waals surface area contributed by atoms with E-state index in [0.717, 1.165) is 4.68 Å². The van der Waals surface area contributed by atoms with Gasteiger partial charge in [-0.2, -0.15) is 18.6 Å². The molecule has 0 N–H and O–H groups in total. The van der Waals surface area contributed by atoms with Crippen molar-refractivity contribution in [2.24, 2.45) is 5.10 Å².